The number of aromatic nitrogens is 3. The molecule has 2 heterocycles. The molecule has 0 saturated heterocycles. The van der Waals surface area contributed by atoms with Gasteiger partial charge in [0.1, 0.15) is 5.65 Å². The van der Waals surface area contributed by atoms with Gasteiger partial charge in [0.15, 0.2) is 5.96 Å². The zero-order valence-electron chi connectivity index (χ0n) is 29.2. The van der Waals surface area contributed by atoms with Crippen LogP contribution < -0.4 is 28.2 Å². The van der Waals surface area contributed by atoms with Crippen LogP contribution in [-0.4, -0.2) is 51.8 Å². The molecule has 4 rings (SSSR count). The van der Waals surface area contributed by atoms with Crippen LogP contribution in [0.5, 0.6) is 0 Å². The second kappa shape index (κ2) is 17.2. The minimum Gasteiger partial charge on any atom is -0.396 e. The molecule has 0 aliphatic rings. The number of H-pyrrole nitrogens is 1. The van der Waals surface area contributed by atoms with Gasteiger partial charge in [-0.1, -0.05) is 71.9 Å². The Morgan fingerprint density at radius 2 is 1.60 bits per heavy atom. The van der Waals surface area contributed by atoms with Gasteiger partial charge in [-0.05, 0) is 91.1 Å². The van der Waals surface area contributed by atoms with Crippen molar-refractivity contribution in [1.29, 1.82) is 0 Å². The predicted octanol–water partition coefficient (Wildman–Crippen LogP) is 4.56. The van der Waals surface area contributed by atoms with Crippen molar-refractivity contribution < 1.29 is 5.11 Å². The van der Waals surface area contributed by atoms with Crippen molar-refractivity contribution in [2.24, 2.45) is 22.2 Å². The van der Waals surface area contributed by atoms with E-state index in [1.807, 2.05) is 30.5 Å². The standard InChI is InChI=1S/C21H29N7O.C16H27NO/c1-21(2,3)17-11-15-13-28(20(29)27-18(15)26-17)16-7-5-14(6-8-16)12-24-9-4-10-25-19(22)23;1-16(2,3)15-11-13(6-4-5-8-17)10-14(12-15)7-9-18/h5-8,11,13,24H,4,9-10,12H2,1-3H3,(H4,22,23,25)(H,26,27,29);10-12,18H,4-9,17H2,1-3H3. The molecule has 0 aliphatic heterocycles. The zero-order chi connectivity index (χ0) is 34.6. The summed E-state index contributed by atoms with van der Waals surface area (Å²) in [5, 5.41) is 13.4. The van der Waals surface area contributed by atoms with Crippen LogP contribution in [-0.2, 0) is 30.2 Å². The number of unbranched alkanes of at least 4 members (excludes halogenated alkanes) is 1. The molecule has 0 fully saturated rings. The van der Waals surface area contributed by atoms with Gasteiger partial charge < -0.3 is 32.6 Å². The van der Waals surface area contributed by atoms with Crippen molar-refractivity contribution in [1.82, 2.24) is 19.9 Å². The summed E-state index contributed by atoms with van der Waals surface area (Å²) in [6.07, 6.45) is 6.75. The van der Waals surface area contributed by atoms with E-state index in [2.05, 4.69) is 86.1 Å². The molecule has 256 valence electrons. The highest BCUT2D eigenvalue weighted by Gasteiger charge is 2.18. The molecule has 0 saturated carbocycles. The molecule has 4 aromatic rings. The number of rotatable bonds is 13. The summed E-state index contributed by atoms with van der Waals surface area (Å²) in [7, 11) is 0. The van der Waals surface area contributed by atoms with Crippen molar-refractivity contribution in [2.75, 3.05) is 26.2 Å². The number of hydrogen-bond acceptors (Lipinski definition) is 6. The molecule has 47 heavy (non-hydrogen) atoms. The maximum absolute atomic E-state index is 12.5. The monoisotopic (exact) mass is 644 g/mol. The average molecular weight is 645 g/mol. The number of nitrogens with zero attached hydrogens (tertiary/aromatic N) is 3. The third-order valence-corrected chi connectivity index (χ3v) is 7.90. The van der Waals surface area contributed by atoms with Crippen LogP contribution in [0.4, 0.5) is 0 Å². The van der Waals surface area contributed by atoms with Crippen LogP contribution in [0.2, 0.25) is 0 Å². The summed E-state index contributed by atoms with van der Waals surface area (Å²) in [4.78, 5) is 23.9. The molecule has 0 radical (unpaired) electrons. The van der Waals surface area contributed by atoms with E-state index in [1.165, 1.54) is 16.7 Å². The Morgan fingerprint density at radius 1 is 0.915 bits per heavy atom. The van der Waals surface area contributed by atoms with Crippen molar-refractivity contribution in [2.45, 2.75) is 91.0 Å². The summed E-state index contributed by atoms with van der Waals surface area (Å²) >= 11 is 0. The van der Waals surface area contributed by atoms with E-state index in [0.717, 1.165) is 74.1 Å². The molecule has 0 aliphatic carbocycles. The highest BCUT2D eigenvalue weighted by Crippen LogP contribution is 2.26. The van der Waals surface area contributed by atoms with E-state index in [1.54, 1.807) is 4.57 Å². The van der Waals surface area contributed by atoms with Gasteiger partial charge in [-0.15, -0.1) is 0 Å². The fraction of sp³-hybridized carbons (Fsp3) is 0.486. The quantitative estimate of drug-likeness (QED) is 0.0703. The number of guanidine groups is 1. The van der Waals surface area contributed by atoms with Gasteiger partial charge in [0, 0.05) is 42.4 Å². The fourth-order valence-electron chi connectivity index (χ4n) is 5.09. The number of fused-ring (bicyclic) bond motifs is 1. The first kappa shape index (κ1) is 37.5. The summed E-state index contributed by atoms with van der Waals surface area (Å²) in [5.74, 6) is 0.123. The van der Waals surface area contributed by atoms with Crippen LogP contribution in [0.15, 0.2) is 64.5 Å². The van der Waals surface area contributed by atoms with Crippen molar-refractivity contribution >= 4 is 17.0 Å². The van der Waals surface area contributed by atoms with E-state index in [4.69, 9.17) is 22.3 Å². The number of nitrogens with one attached hydrogen (secondary N) is 2. The molecule has 10 nitrogen and oxygen atoms in total. The lowest BCUT2D eigenvalue weighted by atomic mass is 9.84. The summed E-state index contributed by atoms with van der Waals surface area (Å²) in [6.45, 7) is 16.2. The average Bonchev–Trinajstić information content (AvgIpc) is 3.43. The van der Waals surface area contributed by atoms with Crippen LogP contribution in [0.3, 0.4) is 0 Å². The zero-order valence-corrected chi connectivity index (χ0v) is 29.2. The Labute approximate surface area is 279 Å². The van der Waals surface area contributed by atoms with Crippen LogP contribution >= 0.6 is 0 Å². The van der Waals surface area contributed by atoms with Crippen LogP contribution in [0.25, 0.3) is 16.7 Å². The minimum atomic E-state index is -0.301. The van der Waals surface area contributed by atoms with E-state index in [-0.39, 0.29) is 29.1 Å². The molecule has 0 atom stereocenters. The molecule has 0 bridgehead atoms. The molecule has 9 N–H and O–H groups in total. The molecule has 2 aromatic carbocycles. The Morgan fingerprint density at radius 3 is 2.19 bits per heavy atom. The van der Waals surface area contributed by atoms with E-state index < -0.39 is 0 Å². The third kappa shape index (κ3) is 12.0. The predicted molar refractivity (Wildman–Crippen MR) is 195 cm³/mol. The van der Waals surface area contributed by atoms with Gasteiger partial charge in [-0.25, -0.2) is 4.79 Å². The van der Waals surface area contributed by atoms with Gasteiger partial charge >= 0.3 is 5.69 Å². The number of aliphatic hydroxyl groups excluding tert-OH is 1. The largest absolute Gasteiger partial charge is 0.396 e. The maximum atomic E-state index is 12.5. The van der Waals surface area contributed by atoms with E-state index in [0.29, 0.717) is 12.2 Å². The van der Waals surface area contributed by atoms with Crippen LogP contribution in [0.1, 0.15) is 88.8 Å². The first-order valence-electron chi connectivity index (χ1n) is 16.6. The number of aliphatic imine (C=N–C) groups is 1. The van der Waals surface area contributed by atoms with Gasteiger partial charge in [-0.3, -0.25) is 9.56 Å². The Bertz CT molecular complexity index is 1640. The van der Waals surface area contributed by atoms with Crippen molar-refractivity contribution in [3.8, 4) is 5.69 Å². The molecule has 2 aromatic heterocycles. The summed E-state index contributed by atoms with van der Waals surface area (Å²) in [5.41, 5.74) is 23.5. The van der Waals surface area contributed by atoms with E-state index >= 15 is 0 Å². The van der Waals surface area contributed by atoms with Gasteiger partial charge in [0.25, 0.3) is 0 Å². The van der Waals surface area contributed by atoms with E-state index in [9.17, 15) is 4.79 Å². The van der Waals surface area contributed by atoms with Crippen molar-refractivity contribution in [3.05, 3.63) is 93.2 Å². The second-order valence-electron chi connectivity index (χ2n) is 14.1. The van der Waals surface area contributed by atoms with Gasteiger partial charge in [-0.2, -0.15) is 4.98 Å². The number of nitrogens with two attached hydrogens (primary N) is 3. The normalized spacial score (nSPS) is 11.7. The Balaban J connectivity index is 0.000000287. The first-order chi connectivity index (χ1) is 22.2. The lowest BCUT2D eigenvalue weighted by Crippen LogP contribution is -2.23. The lowest BCUT2D eigenvalue weighted by molar-refractivity contribution is 0.299. The molecule has 10 heteroatoms. The highest BCUT2D eigenvalue weighted by atomic mass is 16.3. The van der Waals surface area contributed by atoms with Crippen molar-refractivity contribution in [3.63, 3.8) is 0 Å². The number of benzene rings is 2. The smallest absolute Gasteiger partial charge is 0.354 e. The maximum Gasteiger partial charge on any atom is 0.354 e. The summed E-state index contributed by atoms with van der Waals surface area (Å²) < 4.78 is 1.58. The summed E-state index contributed by atoms with van der Waals surface area (Å²) in [6, 6.07) is 16.7. The van der Waals surface area contributed by atoms with Gasteiger partial charge in [0.05, 0.1) is 5.69 Å². The fourth-order valence-corrected chi connectivity index (χ4v) is 5.09. The number of aryl methyl sites for hydroxylation is 1. The van der Waals surface area contributed by atoms with Crippen LogP contribution in [0, 0.1) is 0 Å². The SMILES string of the molecule is CC(C)(C)c1cc(CCO)cc(CCCCN)c1.CC(C)(C)c1cc2cn(-c3ccc(CNCCCN=C(N)N)cc3)c(=O)nc2[nH]1. The topological polar surface area (TPSA) is 173 Å². The van der Waals surface area contributed by atoms with Gasteiger partial charge in [0.2, 0.25) is 0 Å². The molecule has 0 spiro atoms. The second-order valence-corrected chi connectivity index (χ2v) is 14.1. The third-order valence-electron chi connectivity index (χ3n) is 7.90. The number of aromatic amines is 1. The Hall–Kier alpha value is -3.99. The molecule has 0 amide bonds. The number of hydrogen-bond donors (Lipinski definition) is 6. The number of aliphatic hydroxyl groups is 1. The molecule has 0 unspecified atom stereocenters. The highest BCUT2D eigenvalue weighted by molar-refractivity contribution is 5.76. The minimum absolute atomic E-state index is 0.0352. The lowest BCUT2D eigenvalue weighted by Gasteiger charge is -2.21. The molecular formula is C37H56N8O2. The first-order valence-corrected chi connectivity index (χ1v) is 16.6. The Kier molecular flexibility index (Phi) is 13.7. The molecular weight excluding hydrogens is 588 g/mol.